The van der Waals surface area contributed by atoms with Gasteiger partial charge in [-0.25, -0.2) is 0 Å². The van der Waals surface area contributed by atoms with E-state index in [1.165, 1.54) is 0 Å². The summed E-state index contributed by atoms with van der Waals surface area (Å²) in [4.78, 5) is 29.2. The monoisotopic (exact) mass is 506 g/mol. The van der Waals surface area contributed by atoms with Gasteiger partial charge in [0.1, 0.15) is 0 Å². The van der Waals surface area contributed by atoms with Gasteiger partial charge in [-0.2, -0.15) is 0 Å². The van der Waals surface area contributed by atoms with Crippen molar-refractivity contribution in [2.24, 2.45) is 0 Å². The van der Waals surface area contributed by atoms with E-state index in [1.54, 1.807) is 6.07 Å². The van der Waals surface area contributed by atoms with Crippen LogP contribution in [0, 0.1) is 6.92 Å². The maximum absolute atomic E-state index is 12.9. The fourth-order valence-corrected chi connectivity index (χ4v) is 4.62. The smallest absolute Gasteiger partial charge is 0.254 e. The van der Waals surface area contributed by atoms with E-state index < -0.39 is 0 Å². The van der Waals surface area contributed by atoms with Crippen molar-refractivity contribution in [2.75, 3.05) is 36.4 Å². The first-order valence-electron chi connectivity index (χ1n) is 11.4. The SMILES string of the molecule is Cc1ccccc1C(=O)N1CCN(c2ccc(NC(=S)NC(=O)Cc3ccccc3)cc2Cl)CC1. The average molecular weight is 507 g/mol. The van der Waals surface area contributed by atoms with Gasteiger partial charge in [-0.1, -0.05) is 60.1 Å². The van der Waals surface area contributed by atoms with Gasteiger partial charge < -0.3 is 20.4 Å². The van der Waals surface area contributed by atoms with Crippen LogP contribution >= 0.6 is 23.8 Å². The van der Waals surface area contributed by atoms with E-state index in [4.69, 9.17) is 23.8 Å². The zero-order valence-corrected chi connectivity index (χ0v) is 21.0. The highest BCUT2D eigenvalue weighted by Crippen LogP contribution is 2.30. The van der Waals surface area contributed by atoms with E-state index in [-0.39, 0.29) is 23.3 Å². The molecule has 180 valence electrons. The number of halogens is 1. The van der Waals surface area contributed by atoms with Crippen LogP contribution in [0.25, 0.3) is 0 Å². The highest BCUT2D eigenvalue weighted by molar-refractivity contribution is 7.80. The fourth-order valence-electron chi connectivity index (χ4n) is 4.09. The summed E-state index contributed by atoms with van der Waals surface area (Å²) in [5.41, 5.74) is 4.25. The Hall–Kier alpha value is -3.42. The highest BCUT2D eigenvalue weighted by Gasteiger charge is 2.24. The number of piperazine rings is 1. The minimum Gasteiger partial charge on any atom is -0.367 e. The second-order valence-electron chi connectivity index (χ2n) is 8.43. The molecule has 3 aromatic rings. The molecule has 0 radical (unpaired) electrons. The topological polar surface area (TPSA) is 64.7 Å². The number of benzene rings is 3. The molecular weight excluding hydrogens is 480 g/mol. The van der Waals surface area contributed by atoms with Gasteiger partial charge in [-0.15, -0.1) is 0 Å². The molecule has 8 heteroatoms. The first kappa shape index (κ1) is 24.7. The number of rotatable bonds is 5. The maximum Gasteiger partial charge on any atom is 0.254 e. The average Bonchev–Trinajstić information content (AvgIpc) is 2.84. The Bertz CT molecular complexity index is 1230. The number of thiocarbonyl (C=S) groups is 1. The number of nitrogens with zero attached hydrogens (tertiary/aromatic N) is 2. The number of hydrogen-bond donors (Lipinski definition) is 2. The molecule has 0 atom stereocenters. The Labute approximate surface area is 215 Å². The summed E-state index contributed by atoms with van der Waals surface area (Å²) in [5, 5.41) is 6.51. The first-order valence-corrected chi connectivity index (χ1v) is 12.2. The minimum atomic E-state index is -0.186. The molecule has 35 heavy (non-hydrogen) atoms. The molecule has 1 fully saturated rings. The van der Waals surface area contributed by atoms with Crippen molar-refractivity contribution in [3.8, 4) is 0 Å². The highest BCUT2D eigenvalue weighted by atomic mass is 35.5. The Kier molecular flexibility index (Phi) is 8.00. The third-order valence-electron chi connectivity index (χ3n) is 5.95. The summed E-state index contributed by atoms with van der Waals surface area (Å²) < 4.78 is 0. The normalized spacial score (nSPS) is 13.3. The summed E-state index contributed by atoms with van der Waals surface area (Å²) >= 11 is 11.9. The van der Waals surface area contributed by atoms with Crippen LogP contribution in [0.5, 0.6) is 0 Å². The second-order valence-corrected chi connectivity index (χ2v) is 9.24. The molecule has 4 rings (SSSR count). The van der Waals surface area contributed by atoms with Gasteiger partial charge in [0.05, 0.1) is 17.1 Å². The molecule has 0 saturated carbocycles. The lowest BCUT2D eigenvalue weighted by atomic mass is 10.1. The van der Waals surface area contributed by atoms with Gasteiger partial charge >= 0.3 is 0 Å². The van der Waals surface area contributed by atoms with E-state index in [0.717, 1.165) is 22.4 Å². The Morgan fingerprint density at radius 2 is 1.63 bits per heavy atom. The van der Waals surface area contributed by atoms with Crippen LogP contribution in [0.3, 0.4) is 0 Å². The maximum atomic E-state index is 12.9. The molecule has 1 aliphatic rings. The van der Waals surface area contributed by atoms with Crippen molar-refractivity contribution in [1.29, 1.82) is 0 Å². The van der Waals surface area contributed by atoms with Crippen LogP contribution in [0.1, 0.15) is 21.5 Å². The fraction of sp³-hybridized carbons (Fsp3) is 0.222. The third kappa shape index (κ3) is 6.38. The van der Waals surface area contributed by atoms with Gasteiger partial charge in [0.25, 0.3) is 5.91 Å². The third-order valence-corrected chi connectivity index (χ3v) is 6.46. The van der Waals surface area contributed by atoms with Crippen molar-refractivity contribution < 1.29 is 9.59 Å². The number of aryl methyl sites for hydroxylation is 1. The molecule has 6 nitrogen and oxygen atoms in total. The molecule has 1 saturated heterocycles. The Morgan fingerprint density at radius 1 is 0.943 bits per heavy atom. The molecule has 0 spiro atoms. The van der Waals surface area contributed by atoms with Crippen LogP contribution in [0.4, 0.5) is 11.4 Å². The lowest BCUT2D eigenvalue weighted by molar-refractivity contribution is -0.119. The second kappa shape index (κ2) is 11.3. The van der Waals surface area contributed by atoms with Crippen molar-refractivity contribution in [2.45, 2.75) is 13.3 Å². The van der Waals surface area contributed by atoms with E-state index in [0.29, 0.717) is 36.9 Å². The van der Waals surface area contributed by atoms with Gasteiger partial charge in [-0.3, -0.25) is 9.59 Å². The van der Waals surface area contributed by atoms with E-state index in [9.17, 15) is 9.59 Å². The lowest BCUT2D eigenvalue weighted by Crippen LogP contribution is -2.49. The number of amides is 2. The predicted molar refractivity (Wildman–Crippen MR) is 145 cm³/mol. The van der Waals surface area contributed by atoms with Crippen LogP contribution < -0.4 is 15.5 Å². The zero-order chi connectivity index (χ0) is 24.8. The molecule has 2 amide bonds. The molecule has 0 aliphatic carbocycles. The molecule has 0 unspecified atom stereocenters. The summed E-state index contributed by atoms with van der Waals surface area (Å²) in [5.74, 6) is -0.120. The zero-order valence-electron chi connectivity index (χ0n) is 19.5. The van der Waals surface area contributed by atoms with E-state index in [2.05, 4.69) is 15.5 Å². The van der Waals surface area contributed by atoms with E-state index >= 15 is 0 Å². The molecule has 1 heterocycles. The minimum absolute atomic E-state index is 0.0659. The summed E-state index contributed by atoms with van der Waals surface area (Å²) in [6.07, 6.45) is 0.251. The quantitative estimate of drug-likeness (QED) is 0.492. The molecule has 3 aromatic carbocycles. The van der Waals surface area contributed by atoms with Crippen LogP contribution in [0.15, 0.2) is 72.8 Å². The number of nitrogens with one attached hydrogen (secondary N) is 2. The van der Waals surface area contributed by atoms with Gasteiger partial charge in [0.2, 0.25) is 5.91 Å². The van der Waals surface area contributed by atoms with Crippen LogP contribution in [0.2, 0.25) is 5.02 Å². The molecular formula is C27H27ClN4O2S. The standard InChI is InChI=1S/C27H27ClN4O2S/c1-19-7-5-6-10-22(19)26(34)32-15-13-31(14-16-32)24-12-11-21(18-23(24)28)29-27(35)30-25(33)17-20-8-3-2-4-9-20/h2-12,18H,13-17H2,1H3,(H2,29,30,33,35). The largest absolute Gasteiger partial charge is 0.367 e. The predicted octanol–water partition coefficient (Wildman–Crippen LogP) is 4.67. The summed E-state index contributed by atoms with van der Waals surface area (Å²) in [6, 6.07) is 22.8. The van der Waals surface area contributed by atoms with Crippen LogP contribution in [-0.2, 0) is 11.2 Å². The Morgan fingerprint density at radius 3 is 2.31 bits per heavy atom. The van der Waals surface area contributed by atoms with E-state index in [1.807, 2.05) is 78.6 Å². The van der Waals surface area contributed by atoms with Crippen molar-refractivity contribution in [1.82, 2.24) is 10.2 Å². The number of anilines is 2. The number of carbonyl (C=O) groups is 2. The van der Waals surface area contributed by atoms with Gasteiger partial charge in [0, 0.05) is 37.4 Å². The lowest BCUT2D eigenvalue weighted by Gasteiger charge is -2.36. The van der Waals surface area contributed by atoms with Crippen LogP contribution in [-0.4, -0.2) is 48.0 Å². The van der Waals surface area contributed by atoms with Crippen molar-refractivity contribution in [3.05, 3.63) is 94.5 Å². The molecule has 1 aliphatic heterocycles. The Balaban J connectivity index is 1.30. The summed E-state index contributed by atoms with van der Waals surface area (Å²) in [6.45, 7) is 4.59. The molecule has 2 N–H and O–H groups in total. The molecule has 0 aromatic heterocycles. The summed E-state index contributed by atoms with van der Waals surface area (Å²) in [7, 11) is 0. The van der Waals surface area contributed by atoms with Gasteiger partial charge in [0.15, 0.2) is 5.11 Å². The van der Waals surface area contributed by atoms with Crippen molar-refractivity contribution >= 4 is 52.1 Å². The van der Waals surface area contributed by atoms with Crippen molar-refractivity contribution in [3.63, 3.8) is 0 Å². The molecule has 0 bridgehead atoms. The number of hydrogen-bond acceptors (Lipinski definition) is 4. The number of carbonyl (C=O) groups excluding carboxylic acids is 2. The first-order chi connectivity index (χ1) is 16.9. The van der Waals surface area contributed by atoms with Gasteiger partial charge in [-0.05, 0) is 54.5 Å².